The van der Waals surface area contributed by atoms with Crippen LogP contribution in [0.25, 0.3) is 0 Å². The van der Waals surface area contributed by atoms with Gasteiger partial charge in [-0.2, -0.15) is 0 Å². The summed E-state index contributed by atoms with van der Waals surface area (Å²) >= 11 is 3.42. The zero-order valence-corrected chi connectivity index (χ0v) is 11.1. The Hall–Kier alpha value is -1.39. The Morgan fingerprint density at radius 3 is 2.82 bits per heavy atom. The van der Waals surface area contributed by atoms with Crippen molar-refractivity contribution in [3.05, 3.63) is 52.3 Å². The van der Waals surface area contributed by atoms with Gasteiger partial charge in [-0.05, 0) is 36.8 Å². The van der Waals surface area contributed by atoms with Crippen molar-refractivity contribution in [1.82, 2.24) is 4.98 Å². The van der Waals surface area contributed by atoms with Gasteiger partial charge in [0.05, 0.1) is 0 Å². The molecule has 0 bridgehead atoms. The number of hydrogen-bond donors (Lipinski definition) is 1. The summed E-state index contributed by atoms with van der Waals surface area (Å²) in [7, 11) is 0. The Balaban J connectivity index is 2.31. The number of hydrogen-bond acceptors (Lipinski definition) is 3. The maximum Gasteiger partial charge on any atom is 0.135 e. The fourth-order valence-corrected chi connectivity index (χ4v) is 1.99. The van der Waals surface area contributed by atoms with Crippen molar-refractivity contribution in [2.75, 3.05) is 0 Å². The maximum absolute atomic E-state index is 5.85. The van der Waals surface area contributed by atoms with E-state index in [-0.39, 0.29) is 0 Å². The van der Waals surface area contributed by atoms with Gasteiger partial charge in [0, 0.05) is 29.0 Å². The minimum absolute atomic E-state index is 0.415. The molecule has 0 saturated heterocycles. The number of benzene rings is 1. The van der Waals surface area contributed by atoms with Crippen LogP contribution in [0.2, 0.25) is 0 Å². The number of pyridine rings is 1. The monoisotopic (exact) mass is 292 g/mol. The molecule has 0 atom stereocenters. The third-order valence-corrected chi connectivity index (χ3v) is 2.93. The van der Waals surface area contributed by atoms with Gasteiger partial charge in [0.2, 0.25) is 0 Å². The first-order valence-corrected chi connectivity index (χ1v) is 6.07. The molecule has 1 heterocycles. The second-order valence-electron chi connectivity index (χ2n) is 3.70. The van der Waals surface area contributed by atoms with Crippen molar-refractivity contribution in [2.24, 2.45) is 5.73 Å². The highest BCUT2D eigenvalue weighted by molar-refractivity contribution is 9.10. The van der Waals surface area contributed by atoms with E-state index in [9.17, 15) is 0 Å². The third kappa shape index (κ3) is 2.84. The largest absolute Gasteiger partial charge is 0.457 e. The Morgan fingerprint density at radius 2 is 2.12 bits per heavy atom. The fraction of sp³-hybridized carbons (Fsp3) is 0.154. The SMILES string of the molecule is Cc1cc(Br)ccc1Oc1ccncc1CN. The van der Waals surface area contributed by atoms with Crippen LogP contribution < -0.4 is 10.5 Å². The lowest BCUT2D eigenvalue weighted by Gasteiger charge is -2.11. The lowest BCUT2D eigenvalue weighted by Crippen LogP contribution is -2.00. The van der Waals surface area contributed by atoms with Gasteiger partial charge in [-0.1, -0.05) is 15.9 Å². The maximum atomic E-state index is 5.85. The normalized spacial score (nSPS) is 10.3. The molecule has 3 nitrogen and oxygen atoms in total. The number of aryl methyl sites for hydroxylation is 1. The molecular formula is C13H13BrN2O. The first-order chi connectivity index (χ1) is 8.20. The minimum atomic E-state index is 0.415. The van der Waals surface area contributed by atoms with Crippen LogP contribution in [0, 0.1) is 6.92 Å². The summed E-state index contributed by atoms with van der Waals surface area (Å²) in [4.78, 5) is 4.03. The van der Waals surface area contributed by atoms with Crippen molar-refractivity contribution < 1.29 is 4.74 Å². The zero-order chi connectivity index (χ0) is 12.3. The molecule has 0 unspecified atom stereocenters. The summed E-state index contributed by atoms with van der Waals surface area (Å²) in [5.41, 5.74) is 7.61. The summed E-state index contributed by atoms with van der Waals surface area (Å²) in [6.07, 6.45) is 3.42. The molecule has 0 radical (unpaired) electrons. The second kappa shape index (κ2) is 5.29. The number of nitrogens with zero attached hydrogens (tertiary/aromatic N) is 1. The lowest BCUT2D eigenvalue weighted by molar-refractivity contribution is 0.471. The van der Waals surface area contributed by atoms with Crippen LogP contribution in [0.15, 0.2) is 41.1 Å². The van der Waals surface area contributed by atoms with Crippen molar-refractivity contribution >= 4 is 15.9 Å². The van der Waals surface area contributed by atoms with Crippen molar-refractivity contribution in [1.29, 1.82) is 0 Å². The van der Waals surface area contributed by atoms with E-state index in [0.29, 0.717) is 6.54 Å². The average molecular weight is 293 g/mol. The molecule has 0 aliphatic heterocycles. The molecule has 0 aliphatic carbocycles. The lowest BCUT2D eigenvalue weighted by atomic mass is 10.2. The summed E-state index contributed by atoms with van der Waals surface area (Å²) in [6, 6.07) is 7.72. The van der Waals surface area contributed by atoms with E-state index < -0.39 is 0 Å². The van der Waals surface area contributed by atoms with E-state index in [1.807, 2.05) is 31.2 Å². The highest BCUT2D eigenvalue weighted by atomic mass is 79.9. The molecule has 88 valence electrons. The van der Waals surface area contributed by atoms with Crippen LogP contribution in [0.4, 0.5) is 0 Å². The van der Waals surface area contributed by atoms with Crippen molar-refractivity contribution in [2.45, 2.75) is 13.5 Å². The molecule has 0 spiro atoms. The average Bonchev–Trinajstić information content (AvgIpc) is 2.33. The third-order valence-electron chi connectivity index (χ3n) is 2.44. The molecule has 0 amide bonds. The van der Waals surface area contributed by atoms with Gasteiger partial charge in [-0.3, -0.25) is 4.98 Å². The van der Waals surface area contributed by atoms with Crippen molar-refractivity contribution in [3.63, 3.8) is 0 Å². The Morgan fingerprint density at radius 1 is 1.29 bits per heavy atom. The molecule has 2 aromatic rings. The molecule has 17 heavy (non-hydrogen) atoms. The van der Waals surface area contributed by atoms with E-state index in [1.54, 1.807) is 12.4 Å². The van der Waals surface area contributed by atoms with Gasteiger partial charge in [-0.25, -0.2) is 0 Å². The van der Waals surface area contributed by atoms with Gasteiger partial charge in [0.1, 0.15) is 11.5 Å². The summed E-state index contributed by atoms with van der Waals surface area (Å²) in [5, 5.41) is 0. The van der Waals surface area contributed by atoms with E-state index in [4.69, 9.17) is 10.5 Å². The molecule has 2 N–H and O–H groups in total. The first-order valence-electron chi connectivity index (χ1n) is 5.27. The summed E-state index contributed by atoms with van der Waals surface area (Å²) < 4.78 is 6.88. The van der Waals surface area contributed by atoms with Crippen LogP contribution in [0.1, 0.15) is 11.1 Å². The first kappa shape index (κ1) is 12.1. The molecule has 4 heteroatoms. The predicted molar refractivity (Wildman–Crippen MR) is 71.1 cm³/mol. The van der Waals surface area contributed by atoms with Crippen LogP contribution in [0.5, 0.6) is 11.5 Å². The summed E-state index contributed by atoms with van der Waals surface area (Å²) in [5.74, 6) is 1.59. The summed E-state index contributed by atoms with van der Waals surface area (Å²) in [6.45, 7) is 2.42. The van der Waals surface area contributed by atoms with E-state index in [2.05, 4.69) is 20.9 Å². The van der Waals surface area contributed by atoms with E-state index in [1.165, 1.54) is 0 Å². The molecular weight excluding hydrogens is 280 g/mol. The Bertz CT molecular complexity index is 529. The van der Waals surface area contributed by atoms with Crippen LogP contribution in [-0.4, -0.2) is 4.98 Å². The highest BCUT2D eigenvalue weighted by Gasteiger charge is 2.05. The quantitative estimate of drug-likeness (QED) is 0.943. The number of aromatic nitrogens is 1. The molecule has 2 rings (SSSR count). The molecule has 1 aromatic heterocycles. The minimum Gasteiger partial charge on any atom is -0.457 e. The van der Waals surface area contributed by atoms with Crippen LogP contribution >= 0.6 is 15.9 Å². The standard InChI is InChI=1S/C13H13BrN2O/c1-9-6-11(14)2-3-12(9)17-13-4-5-16-8-10(13)7-15/h2-6,8H,7,15H2,1H3. The van der Waals surface area contributed by atoms with Gasteiger partial charge in [-0.15, -0.1) is 0 Å². The molecule has 0 aliphatic rings. The van der Waals surface area contributed by atoms with E-state index in [0.717, 1.165) is 27.1 Å². The highest BCUT2D eigenvalue weighted by Crippen LogP contribution is 2.28. The van der Waals surface area contributed by atoms with Gasteiger partial charge in [0.25, 0.3) is 0 Å². The van der Waals surface area contributed by atoms with E-state index >= 15 is 0 Å². The zero-order valence-electron chi connectivity index (χ0n) is 9.48. The predicted octanol–water partition coefficient (Wildman–Crippen LogP) is 3.40. The van der Waals surface area contributed by atoms with Gasteiger partial charge < -0.3 is 10.5 Å². The number of halogens is 1. The van der Waals surface area contributed by atoms with Gasteiger partial charge in [0.15, 0.2) is 0 Å². The van der Waals surface area contributed by atoms with Gasteiger partial charge >= 0.3 is 0 Å². The molecule has 1 aromatic carbocycles. The Kier molecular flexibility index (Phi) is 3.76. The van der Waals surface area contributed by atoms with Crippen LogP contribution in [-0.2, 0) is 6.54 Å². The number of ether oxygens (including phenoxy) is 1. The topological polar surface area (TPSA) is 48.1 Å². The number of rotatable bonds is 3. The second-order valence-corrected chi connectivity index (χ2v) is 4.62. The Labute approximate surface area is 109 Å². The van der Waals surface area contributed by atoms with Crippen molar-refractivity contribution in [3.8, 4) is 11.5 Å². The smallest absolute Gasteiger partial charge is 0.135 e. The molecule has 0 fully saturated rings. The molecule has 0 saturated carbocycles. The fourth-order valence-electron chi connectivity index (χ4n) is 1.51. The number of nitrogens with two attached hydrogens (primary N) is 1. The van der Waals surface area contributed by atoms with Crippen LogP contribution in [0.3, 0.4) is 0 Å².